The van der Waals surface area contributed by atoms with Gasteiger partial charge in [-0.3, -0.25) is 0 Å². The van der Waals surface area contributed by atoms with E-state index in [4.69, 9.17) is 9.47 Å². The highest BCUT2D eigenvalue weighted by Crippen LogP contribution is 2.27. The van der Waals surface area contributed by atoms with Crippen molar-refractivity contribution in [1.82, 2.24) is 0 Å². The second-order valence-electron chi connectivity index (χ2n) is 4.02. The van der Waals surface area contributed by atoms with Gasteiger partial charge in [-0.05, 0) is 12.8 Å². The van der Waals surface area contributed by atoms with Crippen LogP contribution in [0, 0.1) is 0 Å². The smallest absolute Gasteiger partial charge is 0.183 e. The highest BCUT2D eigenvalue weighted by molar-refractivity contribution is 5.15. The molecule has 1 aliphatic carbocycles. The lowest BCUT2D eigenvalue weighted by molar-refractivity contribution is -0.157. The van der Waals surface area contributed by atoms with Crippen molar-refractivity contribution in [3.05, 3.63) is 35.9 Å². The van der Waals surface area contributed by atoms with Crippen molar-refractivity contribution in [2.24, 2.45) is 0 Å². The van der Waals surface area contributed by atoms with Crippen LogP contribution in [-0.2, 0) is 9.47 Å². The molecule has 1 aromatic rings. The third kappa shape index (κ3) is 2.80. The molecule has 15 heavy (non-hydrogen) atoms. The summed E-state index contributed by atoms with van der Waals surface area (Å²) in [5.74, 6) is 0. The highest BCUT2D eigenvalue weighted by atomic mass is 16.7. The van der Waals surface area contributed by atoms with E-state index >= 15 is 0 Å². The first-order valence-electron chi connectivity index (χ1n) is 5.63. The molecule has 1 aromatic carbocycles. The largest absolute Gasteiger partial charge is 0.352 e. The van der Waals surface area contributed by atoms with E-state index in [2.05, 4.69) is 0 Å². The van der Waals surface area contributed by atoms with E-state index in [1.807, 2.05) is 30.3 Å². The van der Waals surface area contributed by atoms with Gasteiger partial charge < -0.3 is 9.47 Å². The van der Waals surface area contributed by atoms with Crippen LogP contribution >= 0.6 is 0 Å². The van der Waals surface area contributed by atoms with Gasteiger partial charge >= 0.3 is 0 Å². The Labute approximate surface area is 91.2 Å². The molecule has 0 heterocycles. The SMILES string of the molecule is COC(OC1CCCC1)c1ccccc1. The van der Waals surface area contributed by atoms with Crippen molar-refractivity contribution in [3.63, 3.8) is 0 Å². The molecule has 1 fully saturated rings. The van der Waals surface area contributed by atoms with E-state index in [0.717, 1.165) is 5.56 Å². The topological polar surface area (TPSA) is 18.5 Å². The van der Waals surface area contributed by atoms with E-state index in [0.29, 0.717) is 6.10 Å². The Kier molecular flexibility index (Phi) is 3.75. The average molecular weight is 206 g/mol. The zero-order valence-corrected chi connectivity index (χ0v) is 9.19. The Bertz CT molecular complexity index is 278. The van der Waals surface area contributed by atoms with Crippen LogP contribution in [0.3, 0.4) is 0 Å². The zero-order valence-electron chi connectivity index (χ0n) is 9.19. The van der Waals surface area contributed by atoms with E-state index in [1.54, 1.807) is 7.11 Å². The minimum Gasteiger partial charge on any atom is -0.352 e. The van der Waals surface area contributed by atoms with Crippen molar-refractivity contribution in [3.8, 4) is 0 Å². The molecule has 0 saturated heterocycles. The standard InChI is InChI=1S/C13H18O2/c1-14-13(11-7-3-2-4-8-11)15-12-9-5-6-10-12/h2-4,7-8,12-13H,5-6,9-10H2,1H3. The number of methoxy groups -OCH3 is 1. The molecule has 2 heteroatoms. The van der Waals surface area contributed by atoms with Crippen molar-refractivity contribution in [2.45, 2.75) is 38.1 Å². The normalized spacial score (nSPS) is 19.3. The van der Waals surface area contributed by atoms with Gasteiger partial charge in [0.2, 0.25) is 0 Å². The summed E-state index contributed by atoms with van der Waals surface area (Å²) in [6, 6.07) is 10.1. The summed E-state index contributed by atoms with van der Waals surface area (Å²) >= 11 is 0. The fourth-order valence-corrected chi connectivity index (χ4v) is 2.08. The Morgan fingerprint density at radius 2 is 1.80 bits per heavy atom. The lowest BCUT2D eigenvalue weighted by atomic mass is 10.2. The van der Waals surface area contributed by atoms with Crippen molar-refractivity contribution in [2.75, 3.05) is 7.11 Å². The van der Waals surface area contributed by atoms with Gasteiger partial charge in [0.15, 0.2) is 6.29 Å². The molecular weight excluding hydrogens is 188 g/mol. The minimum absolute atomic E-state index is 0.200. The third-order valence-electron chi connectivity index (χ3n) is 2.90. The number of hydrogen-bond donors (Lipinski definition) is 0. The molecule has 0 amide bonds. The lowest BCUT2D eigenvalue weighted by Crippen LogP contribution is -2.14. The summed E-state index contributed by atoms with van der Waals surface area (Å²) in [7, 11) is 1.70. The predicted octanol–water partition coefficient (Wildman–Crippen LogP) is 3.29. The quantitative estimate of drug-likeness (QED) is 0.704. The molecule has 1 aliphatic rings. The first kappa shape index (κ1) is 10.7. The summed E-state index contributed by atoms with van der Waals surface area (Å²) in [4.78, 5) is 0. The molecule has 0 aromatic heterocycles. The van der Waals surface area contributed by atoms with Crippen LogP contribution in [0.4, 0.5) is 0 Å². The maximum Gasteiger partial charge on any atom is 0.183 e. The Morgan fingerprint density at radius 3 is 2.40 bits per heavy atom. The lowest BCUT2D eigenvalue weighted by Gasteiger charge is -2.20. The summed E-state index contributed by atoms with van der Waals surface area (Å²) in [6.07, 6.45) is 5.11. The monoisotopic (exact) mass is 206 g/mol. The third-order valence-corrected chi connectivity index (χ3v) is 2.90. The number of rotatable bonds is 4. The molecule has 0 radical (unpaired) electrons. The van der Waals surface area contributed by atoms with Gasteiger partial charge in [-0.15, -0.1) is 0 Å². The van der Waals surface area contributed by atoms with Gasteiger partial charge in [0.25, 0.3) is 0 Å². The molecule has 1 atom stereocenters. The molecule has 2 rings (SSSR count). The summed E-state index contributed by atoms with van der Waals surface area (Å²) in [6.45, 7) is 0. The van der Waals surface area contributed by atoms with Crippen LogP contribution in [0.15, 0.2) is 30.3 Å². The fourth-order valence-electron chi connectivity index (χ4n) is 2.08. The summed E-state index contributed by atoms with van der Waals surface area (Å²) in [5.41, 5.74) is 1.10. The van der Waals surface area contributed by atoms with Crippen LogP contribution in [0.1, 0.15) is 37.5 Å². The molecule has 1 unspecified atom stereocenters. The summed E-state index contributed by atoms with van der Waals surface area (Å²) in [5, 5.41) is 0. The molecule has 2 nitrogen and oxygen atoms in total. The highest BCUT2D eigenvalue weighted by Gasteiger charge is 2.20. The summed E-state index contributed by atoms with van der Waals surface area (Å²) < 4.78 is 11.3. The van der Waals surface area contributed by atoms with Crippen LogP contribution in [0.2, 0.25) is 0 Å². The number of hydrogen-bond acceptors (Lipinski definition) is 2. The van der Waals surface area contributed by atoms with Crippen molar-refractivity contribution < 1.29 is 9.47 Å². The van der Waals surface area contributed by atoms with E-state index in [9.17, 15) is 0 Å². The molecular formula is C13H18O2. The Hall–Kier alpha value is -0.860. The Morgan fingerprint density at radius 1 is 1.13 bits per heavy atom. The molecule has 0 N–H and O–H groups in total. The van der Waals surface area contributed by atoms with Crippen LogP contribution in [0.25, 0.3) is 0 Å². The van der Waals surface area contributed by atoms with Crippen LogP contribution < -0.4 is 0 Å². The van der Waals surface area contributed by atoms with Gasteiger partial charge in [-0.2, -0.15) is 0 Å². The first-order chi connectivity index (χ1) is 7.40. The second kappa shape index (κ2) is 5.29. The Balaban J connectivity index is 1.97. The number of ether oxygens (including phenoxy) is 2. The second-order valence-corrected chi connectivity index (χ2v) is 4.02. The van der Waals surface area contributed by atoms with E-state index < -0.39 is 0 Å². The molecule has 1 saturated carbocycles. The van der Waals surface area contributed by atoms with E-state index in [-0.39, 0.29) is 6.29 Å². The zero-order chi connectivity index (χ0) is 10.5. The molecule has 0 spiro atoms. The van der Waals surface area contributed by atoms with E-state index in [1.165, 1.54) is 25.7 Å². The van der Waals surface area contributed by atoms with Gasteiger partial charge in [0.1, 0.15) is 0 Å². The maximum atomic E-state index is 5.92. The van der Waals surface area contributed by atoms with Crippen molar-refractivity contribution >= 4 is 0 Å². The maximum absolute atomic E-state index is 5.92. The first-order valence-corrected chi connectivity index (χ1v) is 5.63. The number of benzene rings is 1. The van der Waals surface area contributed by atoms with Gasteiger partial charge in [0.05, 0.1) is 6.10 Å². The van der Waals surface area contributed by atoms with Gasteiger partial charge in [-0.25, -0.2) is 0 Å². The molecule has 82 valence electrons. The van der Waals surface area contributed by atoms with Crippen LogP contribution in [0.5, 0.6) is 0 Å². The predicted molar refractivity (Wildman–Crippen MR) is 59.5 cm³/mol. The van der Waals surface area contributed by atoms with Gasteiger partial charge in [-0.1, -0.05) is 43.2 Å². The minimum atomic E-state index is -0.200. The molecule has 0 bridgehead atoms. The van der Waals surface area contributed by atoms with Crippen LogP contribution in [-0.4, -0.2) is 13.2 Å². The fraction of sp³-hybridized carbons (Fsp3) is 0.538. The van der Waals surface area contributed by atoms with Gasteiger partial charge in [0, 0.05) is 12.7 Å². The average Bonchev–Trinajstić information content (AvgIpc) is 2.80. The van der Waals surface area contributed by atoms with Crippen molar-refractivity contribution in [1.29, 1.82) is 0 Å². The molecule has 0 aliphatic heterocycles.